The van der Waals surface area contributed by atoms with Crippen molar-refractivity contribution in [3.8, 4) is 0 Å². The van der Waals surface area contributed by atoms with E-state index in [2.05, 4.69) is 25.9 Å². The van der Waals surface area contributed by atoms with Crippen molar-refractivity contribution in [2.45, 2.75) is 13.0 Å². The van der Waals surface area contributed by atoms with Gasteiger partial charge in [0.2, 0.25) is 0 Å². The number of benzene rings is 2. The maximum absolute atomic E-state index is 12.5. The van der Waals surface area contributed by atoms with Gasteiger partial charge in [-0.15, -0.1) is 0 Å². The van der Waals surface area contributed by atoms with Crippen LogP contribution in [0.5, 0.6) is 0 Å². The molecule has 1 amide bonds. The minimum Gasteiger partial charge on any atom is -0.334 e. The van der Waals surface area contributed by atoms with E-state index in [-0.39, 0.29) is 5.91 Å². The Morgan fingerprint density at radius 1 is 1.09 bits per heavy atom. The van der Waals surface area contributed by atoms with Crippen LogP contribution in [0.4, 0.5) is 0 Å². The predicted molar refractivity (Wildman–Crippen MR) is 92.1 cm³/mol. The third kappa shape index (κ3) is 2.61. The standard InChI is InChI=1S/C18H14BrN3O/c19-14-5-3-4-12-11-22(18(23)17(12)14)9-8-13-10-20-15-6-1-2-7-16(15)21-13/h1-7,10H,8-9,11H2. The molecular formula is C18H14BrN3O. The summed E-state index contributed by atoms with van der Waals surface area (Å²) in [7, 11) is 0. The summed E-state index contributed by atoms with van der Waals surface area (Å²) in [4.78, 5) is 23.4. The van der Waals surface area contributed by atoms with E-state index >= 15 is 0 Å². The second-order valence-corrected chi connectivity index (χ2v) is 6.46. The van der Waals surface area contributed by atoms with Crippen molar-refractivity contribution in [2.24, 2.45) is 0 Å². The van der Waals surface area contributed by atoms with Gasteiger partial charge < -0.3 is 4.90 Å². The van der Waals surface area contributed by atoms with Crippen LogP contribution in [0.25, 0.3) is 11.0 Å². The summed E-state index contributed by atoms with van der Waals surface area (Å²) in [6.07, 6.45) is 2.50. The van der Waals surface area contributed by atoms with Gasteiger partial charge in [-0.3, -0.25) is 9.78 Å². The van der Waals surface area contributed by atoms with E-state index in [1.807, 2.05) is 47.4 Å². The summed E-state index contributed by atoms with van der Waals surface area (Å²) in [6.45, 7) is 1.31. The zero-order valence-electron chi connectivity index (χ0n) is 12.4. The lowest BCUT2D eigenvalue weighted by molar-refractivity contribution is 0.0779. The maximum Gasteiger partial charge on any atom is 0.255 e. The quantitative estimate of drug-likeness (QED) is 0.710. The molecule has 0 atom stereocenters. The highest BCUT2D eigenvalue weighted by Crippen LogP contribution is 2.29. The minimum atomic E-state index is 0.0845. The molecule has 0 aliphatic carbocycles. The van der Waals surface area contributed by atoms with E-state index in [1.54, 1.807) is 6.20 Å². The monoisotopic (exact) mass is 367 g/mol. The van der Waals surface area contributed by atoms with Crippen LogP contribution in [-0.2, 0) is 13.0 Å². The number of nitrogens with zero attached hydrogens (tertiary/aromatic N) is 3. The Morgan fingerprint density at radius 3 is 2.74 bits per heavy atom. The van der Waals surface area contributed by atoms with Crippen LogP contribution in [0.15, 0.2) is 53.1 Å². The lowest BCUT2D eigenvalue weighted by Crippen LogP contribution is -2.26. The number of carbonyl (C=O) groups is 1. The molecule has 1 aliphatic rings. The third-order valence-corrected chi connectivity index (χ3v) is 4.76. The maximum atomic E-state index is 12.5. The summed E-state index contributed by atoms with van der Waals surface area (Å²) in [6, 6.07) is 13.7. The van der Waals surface area contributed by atoms with Crippen LogP contribution in [0.1, 0.15) is 21.6 Å². The molecule has 4 nitrogen and oxygen atoms in total. The number of aromatic nitrogens is 2. The molecule has 114 valence electrons. The van der Waals surface area contributed by atoms with Crippen LogP contribution in [0.3, 0.4) is 0 Å². The normalized spacial score (nSPS) is 13.6. The summed E-state index contributed by atoms with van der Waals surface area (Å²) in [5.74, 6) is 0.0845. The number of carbonyl (C=O) groups excluding carboxylic acids is 1. The molecule has 1 aliphatic heterocycles. The van der Waals surface area contributed by atoms with Crippen molar-refractivity contribution in [1.29, 1.82) is 0 Å². The Labute approximate surface area is 142 Å². The van der Waals surface area contributed by atoms with E-state index in [1.165, 1.54) is 0 Å². The van der Waals surface area contributed by atoms with Gasteiger partial charge >= 0.3 is 0 Å². The summed E-state index contributed by atoms with van der Waals surface area (Å²) < 4.78 is 0.869. The van der Waals surface area contributed by atoms with Crippen molar-refractivity contribution < 1.29 is 4.79 Å². The van der Waals surface area contributed by atoms with Gasteiger partial charge in [0.15, 0.2) is 0 Å². The van der Waals surface area contributed by atoms with Gasteiger partial charge in [0.25, 0.3) is 5.91 Å². The number of amides is 1. The van der Waals surface area contributed by atoms with Crippen molar-refractivity contribution in [3.63, 3.8) is 0 Å². The molecule has 23 heavy (non-hydrogen) atoms. The van der Waals surface area contributed by atoms with Crippen molar-refractivity contribution in [1.82, 2.24) is 14.9 Å². The van der Waals surface area contributed by atoms with E-state index in [0.717, 1.165) is 32.3 Å². The first kappa shape index (κ1) is 14.3. The molecule has 0 bridgehead atoms. The molecule has 2 aromatic carbocycles. The molecule has 0 saturated carbocycles. The first-order chi connectivity index (χ1) is 11.2. The zero-order valence-corrected chi connectivity index (χ0v) is 14.0. The number of halogens is 1. The number of hydrogen-bond acceptors (Lipinski definition) is 3. The van der Waals surface area contributed by atoms with Gasteiger partial charge in [0, 0.05) is 30.2 Å². The zero-order chi connectivity index (χ0) is 15.8. The molecule has 0 radical (unpaired) electrons. The van der Waals surface area contributed by atoms with Gasteiger partial charge in [0.1, 0.15) is 0 Å². The molecule has 1 aromatic heterocycles. The average Bonchev–Trinajstić information content (AvgIpc) is 2.90. The smallest absolute Gasteiger partial charge is 0.255 e. The fourth-order valence-corrected chi connectivity index (χ4v) is 3.50. The molecule has 0 N–H and O–H groups in total. The van der Waals surface area contributed by atoms with Crippen LogP contribution < -0.4 is 0 Å². The summed E-state index contributed by atoms with van der Waals surface area (Å²) in [5, 5.41) is 0. The highest BCUT2D eigenvalue weighted by molar-refractivity contribution is 9.10. The Balaban J connectivity index is 1.51. The lowest BCUT2D eigenvalue weighted by Gasteiger charge is -2.15. The van der Waals surface area contributed by atoms with Gasteiger partial charge in [-0.25, -0.2) is 4.98 Å². The Bertz CT molecular complexity index is 910. The van der Waals surface area contributed by atoms with Gasteiger partial charge in [-0.05, 0) is 39.7 Å². The lowest BCUT2D eigenvalue weighted by atomic mass is 10.1. The molecule has 0 spiro atoms. The van der Waals surface area contributed by atoms with Crippen LogP contribution in [-0.4, -0.2) is 27.3 Å². The van der Waals surface area contributed by atoms with Crippen LogP contribution in [0, 0.1) is 0 Å². The van der Waals surface area contributed by atoms with Crippen LogP contribution in [0.2, 0.25) is 0 Å². The average molecular weight is 368 g/mol. The predicted octanol–water partition coefficient (Wildman–Crippen LogP) is 3.59. The number of hydrogen-bond donors (Lipinski definition) is 0. The van der Waals surface area contributed by atoms with Gasteiger partial charge in [0.05, 0.1) is 22.3 Å². The first-order valence-corrected chi connectivity index (χ1v) is 8.29. The first-order valence-electron chi connectivity index (χ1n) is 7.50. The van der Waals surface area contributed by atoms with Gasteiger partial charge in [-0.2, -0.15) is 0 Å². The Morgan fingerprint density at radius 2 is 1.91 bits per heavy atom. The Kier molecular flexibility index (Phi) is 3.58. The third-order valence-electron chi connectivity index (χ3n) is 4.10. The fourth-order valence-electron chi connectivity index (χ4n) is 2.92. The molecule has 3 aromatic rings. The topological polar surface area (TPSA) is 46.1 Å². The highest BCUT2D eigenvalue weighted by atomic mass is 79.9. The van der Waals surface area contributed by atoms with E-state index in [9.17, 15) is 4.79 Å². The second-order valence-electron chi connectivity index (χ2n) is 5.60. The molecule has 2 heterocycles. The molecule has 4 rings (SSSR count). The van der Waals surface area contributed by atoms with Crippen molar-refractivity contribution in [3.05, 3.63) is 70.0 Å². The van der Waals surface area contributed by atoms with Crippen LogP contribution >= 0.6 is 15.9 Å². The Hall–Kier alpha value is -2.27. The van der Waals surface area contributed by atoms with E-state index < -0.39 is 0 Å². The van der Waals surface area contributed by atoms with Crippen molar-refractivity contribution in [2.75, 3.05) is 6.54 Å². The van der Waals surface area contributed by atoms with Gasteiger partial charge in [-0.1, -0.05) is 24.3 Å². The number of fused-ring (bicyclic) bond motifs is 2. The minimum absolute atomic E-state index is 0.0845. The number of rotatable bonds is 3. The van der Waals surface area contributed by atoms with E-state index in [4.69, 9.17) is 0 Å². The molecule has 0 fully saturated rings. The second kappa shape index (κ2) is 5.74. The van der Waals surface area contributed by atoms with Crippen molar-refractivity contribution >= 4 is 32.9 Å². The summed E-state index contributed by atoms with van der Waals surface area (Å²) >= 11 is 3.47. The SMILES string of the molecule is O=C1c2c(Br)cccc2CN1CCc1cnc2ccccc2n1. The van der Waals surface area contributed by atoms with E-state index in [0.29, 0.717) is 19.5 Å². The fraction of sp³-hybridized carbons (Fsp3) is 0.167. The summed E-state index contributed by atoms with van der Waals surface area (Å²) in [5.41, 5.74) is 4.56. The molecular weight excluding hydrogens is 354 g/mol. The molecule has 0 saturated heterocycles. The molecule has 5 heteroatoms. The molecule has 0 unspecified atom stereocenters. The number of para-hydroxylation sites is 2. The largest absolute Gasteiger partial charge is 0.334 e. The highest BCUT2D eigenvalue weighted by Gasteiger charge is 2.28.